The van der Waals surface area contributed by atoms with Crippen LogP contribution in [0.2, 0.25) is 0 Å². The first-order valence-electron chi connectivity index (χ1n) is 8.71. The van der Waals surface area contributed by atoms with E-state index in [0.29, 0.717) is 19.3 Å². The average molecular weight is 358 g/mol. The summed E-state index contributed by atoms with van der Waals surface area (Å²) in [5.74, 6) is 1.71. The van der Waals surface area contributed by atoms with Crippen molar-refractivity contribution in [2.45, 2.75) is 18.9 Å². The number of likely N-dealkylation sites (tertiary alicyclic amines) is 1. The zero-order chi connectivity index (χ0) is 17.2. The molecular weight excluding hydrogens is 336 g/mol. The number of fused-ring (bicyclic) bond motifs is 1. The minimum atomic E-state index is 0.142. The predicted octanol–water partition coefficient (Wildman–Crippen LogP) is 3.01. The first-order chi connectivity index (χ1) is 12.2. The number of carbonyl (C=O) groups is 1. The Hall–Kier alpha value is -2.05. The number of nitrogens with zero attached hydrogens (tertiary/aromatic N) is 1. The van der Waals surface area contributed by atoms with Gasteiger partial charge in [-0.2, -0.15) is 0 Å². The van der Waals surface area contributed by atoms with Gasteiger partial charge in [0, 0.05) is 24.0 Å². The summed E-state index contributed by atoms with van der Waals surface area (Å²) in [5, 5.41) is 3.30. The highest BCUT2D eigenvalue weighted by Gasteiger charge is 2.24. The summed E-state index contributed by atoms with van der Waals surface area (Å²) in [4.78, 5) is 16.6. The van der Waals surface area contributed by atoms with Gasteiger partial charge >= 0.3 is 0 Å². The highest BCUT2D eigenvalue weighted by Crippen LogP contribution is 2.37. The molecular formula is C19H22N2O3S. The summed E-state index contributed by atoms with van der Waals surface area (Å²) in [6.45, 7) is 2.81. The minimum Gasteiger partial charge on any atom is -0.486 e. The van der Waals surface area contributed by atoms with Gasteiger partial charge in [-0.1, -0.05) is 0 Å². The Balaban J connectivity index is 1.49. The molecule has 0 spiro atoms. The van der Waals surface area contributed by atoms with Gasteiger partial charge in [0.2, 0.25) is 0 Å². The number of thiophene rings is 1. The molecule has 2 aromatic rings. The maximum absolute atomic E-state index is 12.7. The van der Waals surface area contributed by atoms with Crippen LogP contribution in [0.5, 0.6) is 11.5 Å². The van der Waals surface area contributed by atoms with Gasteiger partial charge in [-0.3, -0.25) is 4.79 Å². The van der Waals surface area contributed by atoms with Crippen LogP contribution in [0.3, 0.4) is 0 Å². The first-order valence-corrected chi connectivity index (χ1v) is 9.52. The van der Waals surface area contributed by atoms with Gasteiger partial charge in [0.15, 0.2) is 11.5 Å². The van der Waals surface area contributed by atoms with E-state index in [1.54, 1.807) is 11.3 Å². The number of amides is 1. The van der Waals surface area contributed by atoms with Crippen LogP contribution < -0.4 is 14.8 Å². The zero-order valence-electron chi connectivity index (χ0n) is 14.3. The van der Waals surface area contributed by atoms with Crippen LogP contribution in [0, 0.1) is 0 Å². The molecule has 1 aromatic carbocycles. The van der Waals surface area contributed by atoms with E-state index in [1.807, 2.05) is 42.3 Å². The quantitative estimate of drug-likeness (QED) is 0.916. The molecule has 0 aliphatic carbocycles. The number of carbonyl (C=O) groups excluding carboxylic acids is 1. The van der Waals surface area contributed by atoms with E-state index in [2.05, 4.69) is 5.32 Å². The van der Waals surface area contributed by atoms with Crippen molar-refractivity contribution in [2.24, 2.45) is 0 Å². The van der Waals surface area contributed by atoms with Crippen molar-refractivity contribution in [1.82, 2.24) is 10.2 Å². The predicted molar refractivity (Wildman–Crippen MR) is 98.7 cm³/mol. The molecule has 0 saturated carbocycles. The number of ether oxygens (including phenoxy) is 2. The van der Waals surface area contributed by atoms with E-state index in [-0.39, 0.29) is 5.91 Å². The Kier molecular flexibility index (Phi) is 4.63. The van der Waals surface area contributed by atoms with Crippen LogP contribution in [0.15, 0.2) is 30.3 Å². The van der Waals surface area contributed by atoms with Crippen molar-refractivity contribution in [3.63, 3.8) is 0 Å². The summed E-state index contributed by atoms with van der Waals surface area (Å²) in [7, 11) is 1.99. The molecule has 0 unspecified atom stereocenters. The second-order valence-electron chi connectivity index (χ2n) is 6.38. The molecule has 6 heteroatoms. The fourth-order valence-electron chi connectivity index (χ4n) is 3.33. The van der Waals surface area contributed by atoms with Crippen molar-refractivity contribution in [2.75, 3.05) is 33.4 Å². The second kappa shape index (κ2) is 7.06. The summed E-state index contributed by atoms with van der Waals surface area (Å²) >= 11 is 1.54. The molecule has 2 aliphatic heterocycles. The summed E-state index contributed by atoms with van der Waals surface area (Å²) in [6, 6.07) is 10.4. The molecule has 1 saturated heterocycles. The van der Waals surface area contributed by atoms with Crippen molar-refractivity contribution in [3.8, 4) is 21.9 Å². The molecule has 3 heterocycles. The zero-order valence-corrected chi connectivity index (χ0v) is 15.1. The van der Waals surface area contributed by atoms with Crippen LogP contribution >= 0.6 is 11.3 Å². The van der Waals surface area contributed by atoms with Crippen molar-refractivity contribution >= 4 is 17.2 Å². The number of hydrogen-bond acceptors (Lipinski definition) is 5. The molecule has 132 valence electrons. The third-order valence-electron chi connectivity index (χ3n) is 4.83. The number of nitrogens with one attached hydrogen (secondary N) is 1. The van der Waals surface area contributed by atoms with Crippen LogP contribution in [0.4, 0.5) is 0 Å². The lowest BCUT2D eigenvalue weighted by molar-refractivity contribution is 0.0712. The summed E-state index contributed by atoms with van der Waals surface area (Å²) < 4.78 is 11.2. The molecule has 5 nitrogen and oxygen atoms in total. The van der Waals surface area contributed by atoms with E-state index in [4.69, 9.17) is 9.47 Å². The molecule has 4 rings (SSSR count). The van der Waals surface area contributed by atoms with Gasteiger partial charge in [-0.05, 0) is 55.8 Å². The summed E-state index contributed by atoms with van der Waals surface area (Å²) in [5.41, 5.74) is 1.06. The molecule has 25 heavy (non-hydrogen) atoms. The van der Waals surface area contributed by atoms with Gasteiger partial charge in [-0.15, -0.1) is 11.3 Å². The molecule has 1 aromatic heterocycles. The third-order valence-corrected chi connectivity index (χ3v) is 5.96. The van der Waals surface area contributed by atoms with Crippen LogP contribution in [-0.2, 0) is 0 Å². The van der Waals surface area contributed by atoms with Gasteiger partial charge in [0.1, 0.15) is 13.2 Å². The van der Waals surface area contributed by atoms with Gasteiger partial charge in [-0.25, -0.2) is 0 Å². The fraction of sp³-hybridized carbons (Fsp3) is 0.421. The highest BCUT2D eigenvalue weighted by atomic mass is 32.1. The highest BCUT2D eigenvalue weighted by molar-refractivity contribution is 7.17. The number of piperidine rings is 1. The van der Waals surface area contributed by atoms with Gasteiger partial charge < -0.3 is 19.7 Å². The Labute approximate surface area is 151 Å². The van der Waals surface area contributed by atoms with E-state index in [0.717, 1.165) is 52.7 Å². The third kappa shape index (κ3) is 3.37. The van der Waals surface area contributed by atoms with E-state index in [1.165, 1.54) is 0 Å². The Bertz CT molecular complexity index is 766. The maximum Gasteiger partial charge on any atom is 0.263 e. The van der Waals surface area contributed by atoms with Crippen molar-refractivity contribution < 1.29 is 14.3 Å². The molecule has 0 radical (unpaired) electrons. The first kappa shape index (κ1) is 16.4. The minimum absolute atomic E-state index is 0.142. The smallest absolute Gasteiger partial charge is 0.263 e. The topological polar surface area (TPSA) is 50.8 Å². The second-order valence-corrected chi connectivity index (χ2v) is 7.46. The largest absolute Gasteiger partial charge is 0.486 e. The van der Waals surface area contributed by atoms with Crippen molar-refractivity contribution in [3.05, 3.63) is 35.2 Å². The molecule has 1 fully saturated rings. The van der Waals surface area contributed by atoms with Gasteiger partial charge in [0.25, 0.3) is 5.91 Å². The van der Waals surface area contributed by atoms with E-state index in [9.17, 15) is 4.79 Å². The Morgan fingerprint density at radius 1 is 1.12 bits per heavy atom. The van der Waals surface area contributed by atoms with E-state index >= 15 is 0 Å². The van der Waals surface area contributed by atoms with Crippen LogP contribution in [0.1, 0.15) is 22.5 Å². The normalized spacial score (nSPS) is 17.6. The molecule has 2 aliphatic rings. The molecule has 1 amide bonds. The number of hydrogen-bond donors (Lipinski definition) is 1. The standard InChI is InChI=1S/C19H22N2O3S/c1-20-14-6-8-21(9-7-14)19(22)18-5-4-17(25-18)13-2-3-15-16(12-13)24-11-10-23-15/h2-5,12,14,20H,6-11H2,1H3. The van der Waals surface area contributed by atoms with Crippen molar-refractivity contribution in [1.29, 1.82) is 0 Å². The van der Waals surface area contributed by atoms with Crippen LogP contribution in [-0.4, -0.2) is 50.2 Å². The van der Waals surface area contributed by atoms with Gasteiger partial charge in [0.05, 0.1) is 4.88 Å². The monoisotopic (exact) mass is 358 g/mol. The summed E-state index contributed by atoms with van der Waals surface area (Å²) in [6.07, 6.45) is 2.03. The van der Waals surface area contributed by atoms with E-state index < -0.39 is 0 Å². The maximum atomic E-state index is 12.7. The number of rotatable bonds is 3. The fourth-order valence-corrected chi connectivity index (χ4v) is 4.30. The Morgan fingerprint density at radius 3 is 2.64 bits per heavy atom. The lowest BCUT2D eigenvalue weighted by Crippen LogP contribution is -2.43. The lowest BCUT2D eigenvalue weighted by Gasteiger charge is -2.31. The molecule has 1 N–H and O–H groups in total. The average Bonchev–Trinajstić information content (AvgIpc) is 3.17. The molecule has 0 atom stereocenters. The molecule has 0 bridgehead atoms. The lowest BCUT2D eigenvalue weighted by atomic mass is 10.1. The number of benzene rings is 1. The SMILES string of the molecule is CNC1CCN(C(=O)c2ccc(-c3ccc4c(c3)OCCO4)s2)CC1. The van der Waals surface area contributed by atoms with Crippen LogP contribution in [0.25, 0.3) is 10.4 Å². The Morgan fingerprint density at radius 2 is 1.88 bits per heavy atom.